The number of anilines is 1. The highest BCUT2D eigenvalue weighted by molar-refractivity contribution is 5.83. The molecular weight excluding hydrogens is 209 g/mol. The molecule has 1 aromatic rings. The van der Waals surface area contributed by atoms with Crippen molar-refractivity contribution in [3.63, 3.8) is 0 Å². The van der Waals surface area contributed by atoms with Crippen molar-refractivity contribution in [1.29, 1.82) is 0 Å². The van der Waals surface area contributed by atoms with Gasteiger partial charge in [0.05, 0.1) is 7.11 Å². The minimum Gasteiger partial charge on any atom is -0.466 e. The first-order chi connectivity index (χ1) is 7.65. The molecule has 86 valence electrons. The zero-order chi connectivity index (χ0) is 12.0. The number of esters is 1. The molecule has 0 bridgehead atoms. The normalized spacial score (nSPS) is 11.1. The van der Waals surface area contributed by atoms with Gasteiger partial charge in [-0.1, -0.05) is 13.0 Å². The van der Waals surface area contributed by atoms with Crippen molar-refractivity contribution in [2.45, 2.75) is 13.3 Å². The summed E-state index contributed by atoms with van der Waals surface area (Å²) in [7, 11) is 1.31. The quantitative estimate of drug-likeness (QED) is 0.630. The third-order valence-electron chi connectivity index (χ3n) is 2.00. The summed E-state index contributed by atoms with van der Waals surface area (Å²) in [6, 6.07) is 6.05. The van der Waals surface area contributed by atoms with E-state index in [0.29, 0.717) is 17.8 Å². The van der Waals surface area contributed by atoms with E-state index >= 15 is 0 Å². The van der Waals surface area contributed by atoms with Gasteiger partial charge in [-0.2, -0.15) is 0 Å². The largest absolute Gasteiger partial charge is 0.466 e. The van der Waals surface area contributed by atoms with Gasteiger partial charge in [0.25, 0.3) is 0 Å². The number of hydrogen-bond donors (Lipinski definition) is 1. The lowest BCUT2D eigenvalue weighted by atomic mass is 10.2. The van der Waals surface area contributed by atoms with Gasteiger partial charge in [0.15, 0.2) is 0 Å². The number of benzene rings is 1. The van der Waals surface area contributed by atoms with Crippen molar-refractivity contribution in [2.24, 2.45) is 0 Å². The van der Waals surface area contributed by atoms with Gasteiger partial charge in [-0.25, -0.2) is 9.18 Å². The molecule has 0 amide bonds. The fraction of sp³-hybridized carbons (Fsp3) is 0.250. The van der Waals surface area contributed by atoms with Crippen LogP contribution in [0.3, 0.4) is 0 Å². The van der Waals surface area contributed by atoms with Crippen molar-refractivity contribution in [1.82, 2.24) is 0 Å². The van der Waals surface area contributed by atoms with Gasteiger partial charge in [0.2, 0.25) is 0 Å². The number of allylic oxidation sites excluding steroid dienone is 1. The maximum Gasteiger partial charge on any atom is 0.332 e. The molecule has 4 heteroatoms. The topological polar surface area (TPSA) is 38.3 Å². The molecule has 0 aliphatic rings. The zero-order valence-electron chi connectivity index (χ0n) is 9.29. The first-order valence-electron chi connectivity index (χ1n) is 4.96. The summed E-state index contributed by atoms with van der Waals surface area (Å²) in [5.74, 6) is -0.751. The molecular formula is C12H14FNO2. The number of nitrogens with one attached hydrogen (secondary N) is 1. The van der Waals surface area contributed by atoms with E-state index in [-0.39, 0.29) is 5.82 Å². The fourth-order valence-corrected chi connectivity index (χ4v) is 1.18. The Morgan fingerprint density at radius 2 is 2.31 bits per heavy atom. The zero-order valence-corrected chi connectivity index (χ0v) is 9.29. The first kappa shape index (κ1) is 12.2. The summed E-state index contributed by atoms with van der Waals surface area (Å²) in [6.07, 6.45) is 1.98. The van der Waals surface area contributed by atoms with E-state index in [4.69, 9.17) is 0 Å². The SMILES string of the molecule is CC/C(=C/C(=O)OC)Nc1cccc(F)c1. The van der Waals surface area contributed by atoms with E-state index < -0.39 is 5.97 Å². The van der Waals surface area contributed by atoms with Crippen molar-refractivity contribution < 1.29 is 13.9 Å². The summed E-state index contributed by atoms with van der Waals surface area (Å²) in [6.45, 7) is 1.89. The summed E-state index contributed by atoms with van der Waals surface area (Å²) >= 11 is 0. The Bertz CT molecular complexity index is 402. The molecule has 0 fully saturated rings. The number of halogens is 1. The molecule has 0 heterocycles. The second-order valence-electron chi connectivity index (χ2n) is 3.18. The molecule has 1 aromatic carbocycles. The van der Waals surface area contributed by atoms with Crippen LogP contribution >= 0.6 is 0 Å². The molecule has 0 radical (unpaired) electrons. The van der Waals surface area contributed by atoms with Crippen LogP contribution in [-0.4, -0.2) is 13.1 Å². The Labute approximate surface area is 93.9 Å². The Hall–Kier alpha value is -1.84. The maximum absolute atomic E-state index is 12.9. The van der Waals surface area contributed by atoms with Crippen molar-refractivity contribution in [2.75, 3.05) is 12.4 Å². The van der Waals surface area contributed by atoms with Crippen LogP contribution in [-0.2, 0) is 9.53 Å². The summed E-state index contributed by atoms with van der Waals surface area (Å²) in [5.41, 5.74) is 1.29. The van der Waals surface area contributed by atoms with E-state index in [2.05, 4.69) is 10.1 Å². The molecule has 0 spiro atoms. The van der Waals surface area contributed by atoms with Crippen molar-refractivity contribution >= 4 is 11.7 Å². The van der Waals surface area contributed by atoms with Crippen LogP contribution in [0.1, 0.15) is 13.3 Å². The lowest BCUT2D eigenvalue weighted by Crippen LogP contribution is -2.04. The number of hydrogen-bond acceptors (Lipinski definition) is 3. The van der Waals surface area contributed by atoms with Crippen LogP contribution in [0.5, 0.6) is 0 Å². The molecule has 16 heavy (non-hydrogen) atoms. The van der Waals surface area contributed by atoms with Gasteiger partial charge in [-0.15, -0.1) is 0 Å². The van der Waals surface area contributed by atoms with E-state index in [0.717, 1.165) is 0 Å². The Kier molecular flexibility index (Phi) is 4.51. The summed E-state index contributed by atoms with van der Waals surface area (Å²) in [5, 5.41) is 2.96. The Morgan fingerprint density at radius 1 is 1.56 bits per heavy atom. The maximum atomic E-state index is 12.9. The van der Waals surface area contributed by atoms with Crippen LogP contribution in [0.2, 0.25) is 0 Å². The Balaban J connectivity index is 2.78. The number of ether oxygens (including phenoxy) is 1. The molecule has 0 aliphatic heterocycles. The number of rotatable bonds is 4. The predicted octanol–water partition coefficient (Wildman–Crippen LogP) is 2.70. The van der Waals surface area contributed by atoms with Gasteiger partial charge < -0.3 is 10.1 Å². The van der Waals surface area contributed by atoms with E-state index in [9.17, 15) is 9.18 Å². The van der Waals surface area contributed by atoms with E-state index in [1.165, 1.54) is 25.3 Å². The minimum absolute atomic E-state index is 0.321. The minimum atomic E-state index is -0.430. The van der Waals surface area contributed by atoms with Gasteiger partial charge in [-0.3, -0.25) is 0 Å². The van der Waals surface area contributed by atoms with Gasteiger partial charge in [0, 0.05) is 17.5 Å². The third-order valence-corrected chi connectivity index (χ3v) is 2.00. The molecule has 0 unspecified atom stereocenters. The van der Waals surface area contributed by atoms with Crippen LogP contribution in [0.4, 0.5) is 10.1 Å². The number of methoxy groups -OCH3 is 1. The van der Waals surface area contributed by atoms with Gasteiger partial charge >= 0.3 is 5.97 Å². The third kappa shape index (κ3) is 3.73. The van der Waals surface area contributed by atoms with Crippen molar-refractivity contribution in [3.8, 4) is 0 Å². The smallest absolute Gasteiger partial charge is 0.332 e. The molecule has 0 atom stereocenters. The van der Waals surface area contributed by atoms with Gasteiger partial charge in [0.1, 0.15) is 5.82 Å². The van der Waals surface area contributed by atoms with Gasteiger partial charge in [-0.05, 0) is 24.6 Å². The average Bonchev–Trinajstić information content (AvgIpc) is 2.28. The van der Waals surface area contributed by atoms with Crippen LogP contribution in [0, 0.1) is 5.82 Å². The van der Waals surface area contributed by atoms with E-state index in [1.807, 2.05) is 6.92 Å². The molecule has 3 nitrogen and oxygen atoms in total. The molecule has 0 saturated carbocycles. The first-order valence-corrected chi connectivity index (χ1v) is 4.96. The second-order valence-corrected chi connectivity index (χ2v) is 3.18. The molecule has 1 N–H and O–H groups in total. The lowest BCUT2D eigenvalue weighted by molar-refractivity contribution is -0.134. The monoisotopic (exact) mass is 223 g/mol. The number of carbonyl (C=O) groups excluding carboxylic acids is 1. The molecule has 0 saturated heterocycles. The molecule has 1 rings (SSSR count). The van der Waals surface area contributed by atoms with Crippen LogP contribution in [0.25, 0.3) is 0 Å². The second kappa shape index (κ2) is 5.90. The lowest BCUT2D eigenvalue weighted by Gasteiger charge is -2.08. The van der Waals surface area contributed by atoms with Crippen molar-refractivity contribution in [3.05, 3.63) is 41.9 Å². The highest BCUT2D eigenvalue weighted by Crippen LogP contribution is 2.13. The van der Waals surface area contributed by atoms with Crippen LogP contribution < -0.4 is 5.32 Å². The van der Waals surface area contributed by atoms with Crippen LogP contribution in [0.15, 0.2) is 36.0 Å². The summed E-state index contributed by atoms with van der Waals surface area (Å²) < 4.78 is 17.4. The average molecular weight is 223 g/mol. The predicted molar refractivity (Wildman–Crippen MR) is 60.4 cm³/mol. The molecule has 0 aromatic heterocycles. The molecule has 0 aliphatic carbocycles. The highest BCUT2D eigenvalue weighted by Gasteiger charge is 2.01. The number of carbonyl (C=O) groups is 1. The Morgan fingerprint density at radius 3 is 2.88 bits per heavy atom. The van der Waals surface area contributed by atoms with E-state index in [1.54, 1.807) is 12.1 Å². The fourth-order valence-electron chi connectivity index (χ4n) is 1.18. The standard InChI is InChI=1S/C12H14FNO2/c1-3-10(8-12(15)16-2)14-11-6-4-5-9(13)7-11/h4-8,14H,3H2,1-2H3/b10-8-. The highest BCUT2D eigenvalue weighted by atomic mass is 19.1. The summed E-state index contributed by atoms with van der Waals surface area (Å²) in [4.78, 5) is 11.0.